The molecule has 10 rings (SSSR count). The van der Waals surface area contributed by atoms with Crippen molar-refractivity contribution in [3.8, 4) is 5.69 Å². The van der Waals surface area contributed by atoms with E-state index in [1.165, 1.54) is 63.9 Å². The molecule has 46 heavy (non-hydrogen) atoms. The zero-order valence-corrected chi connectivity index (χ0v) is 25.7. The maximum Gasteiger partial charge on any atom is 0.289 e. The topological polar surface area (TPSA) is 20.0 Å². The molecule has 2 aromatic heterocycles. The highest BCUT2D eigenvalue weighted by atomic mass is 32.1. The molecule has 1 aliphatic rings. The summed E-state index contributed by atoms with van der Waals surface area (Å²) in [5, 5.41) is 11.7. The molecule has 0 aliphatic carbocycles. The predicted octanol–water partition coefficient (Wildman–Crippen LogP) is 10.7. The molecule has 0 saturated carbocycles. The normalized spacial score (nSPS) is 14.8. The lowest BCUT2D eigenvalue weighted by Gasteiger charge is -2.29. The average molecular weight is 607 g/mol. The van der Waals surface area contributed by atoms with Gasteiger partial charge in [0.1, 0.15) is 5.69 Å². The van der Waals surface area contributed by atoms with Crippen LogP contribution >= 0.6 is 11.3 Å². The SMILES string of the molecule is c1ccc(C2=[N+](c3ccc(-n4c5ccccc5c5c6c7ccccc7sc6c6ccccc6c54)cc3)C(c3ccccc3)N2)cc1. The van der Waals surface area contributed by atoms with Crippen LogP contribution in [0, 0.1) is 0 Å². The van der Waals surface area contributed by atoms with E-state index in [0.717, 1.165) is 17.2 Å². The quantitative estimate of drug-likeness (QED) is 0.198. The number of hydrogen-bond acceptors (Lipinski definition) is 2. The van der Waals surface area contributed by atoms with Gasteiger partial charge in [-0.25, -0.2) is 5.32 Å². The molecule has 1 aliphatic heterocycles. The summed E-state index contributed by atoms with van der Waals surface area (Å²) in [5.74, 6) is 1.12. The highest BCUT2D eigenvalue weighted by Crippen LogP contribution is 2.48. The number of fused-ring (bicyclic) bond motifs is 10. The van der Waals surface area contributed by atoms with Crippen LogP contribution in [0.25, 0.3) is 58.4 Å². The Balaban J connectivity index is 1.23. The van der Waals surface area contributed by atoms with Crippen molar-refractivity contribution in [1.82, 2.24) is 9.88 Å². The maximum atomic E-state index is 3.74. The molecule has 0 saturated heterocycles. The second-order valence-corrected chi connectivity index (χ2v) is 13.0. The summed E-state index contributed by atoms with van der Waals surface area (Å²) in [4.78, 5) is 0. The van der Waals surface area contributed by atoms with E-state index in [2.05, 4.69) is 172 Å². The number of nitrogens with zero attached hydrogens (tertiary/aromatic N) is 2. The lowest BCUT2D eigenvalue weighted by atomic mass is 10.00. The highest BCUT2D eigenvalue weighted by Gasteiger charge is 2.40. The van der Waals surface area contributed by atoms with Crippen LogP contribution in [0.1, 0.15) is 17.3 Å². The summed E-state index contributed by atoms with van der Waals surface area (Å²) in [5.41, 5.74) is 7.23. The van der Waals surface area contributed by atoms with Gasteiger partial charge in [0.05, 0.1) is 16.6 Å². The molecule has 1 atom stereocenters. The Morgan fingerprint density at radius 3 is 1.96 bits per heavy atom. The molecular weight excluding hydrogens is 579 g/mol. The van der Waals surface area contributed by atoms with E-state index in [1.54, 1.807) is 0 Å². The second kappa shape index (κ2) is 9.90. The molecule has 3 heterocycles. The van der Waals surface area contributed by atoms with Gasteiger partial charge in [-0.1, -0.05) is 109 Å². The summed E-state index contributed by atoms with van der Waals surface area (Å²) in [7, 11) is 0. The molecule has 0 amide bonds. The third-order valence-electron chi connectivity index (χ3n) is 9.47. The van der Waals surface area contributed by atoms with E-state index < -0.39 is 0 Å². The van der Waals surface area contributed by atoms with Crippen molar-refractivity contribution in [3.05, 3.63) is 169 Å². The van der Waals surface area contributed by atoms with E-state index >= 15 is 0 Å². The monoisotopic (exact) mass is 606 g/mol. The van der Waals surface area contributed by atoms with Crippen LogP contribution in [0.15, 0.2) is 158 Å². The third kappa shape index (κ3) is 3.62. The Morgan fingerprint density at radius 1 is 0.543 bits per heavy atom. The van der Waals surface area contributed by atoms with E-state index in [-0.39, 0.29) is 6.17 Å². The summed E-state index contributed by atoms with van der Waals surface area (Å²) in [6.45, 7) is 0. The molecular formula is C42H28N3S+. The maximum absolute atomic E-state index is 3.74. The van der Waals surface area contributed by atoms with E-state index in [4.69, 9.17) is 0 Å². The zero-order chi connectivity index (χ0) is 30.2. The third-order valence-corrected chi connectivity index (χ3v) is 10.7. The van der Waals surface area contributed by atoms with Crippen molar-refractivity contribution in [2.75, 3.05) is 0 Å². The van der Waals surface area contributed by atoms with E-state index in [1.807, 2.05) is 11.3 Å². The zero-order valence-electron chi connectivity index (χ0n) is 24.9. The molecule has 0 spiro atoms. The standard InChI is InChI=1S/C42H27N3S/c1-3-13-27(14-4-1)41-43-42(28-15-5-2-6-16-28)45(41)30-25-23-29(24-26-30)44-35-21-11-9-19-33(35)37-38-34-20-10-12-22-36(34)46-40(38)32-18-8-7-17-31(32)39(37)44/h1-26,41H/p+1. The fourth-order valence-corrected chi connectivity index (χ4v) is 8.69. The number of nitrogens with one attached hydrogen (secondary N) is 1. The Bertz CT molecular complexity index is 2650. The minimum absolute atomic E-state index is 0.0691. The summed E-state index contributed by atoms with van der Waals surface area (Å²) >= 11 is 1.91. The van der Waals surface area contributed by atoms with Crippen LogP contribution in [-0.4, -0.2) is 15.0 Å². The van der Waals surface area contributed by atoms with Crippen molar-refractivity contribution in [1.29, 1.82) is 0 Å². The predicted molar refractivity (Wildman–Crippen MR) is 194 cm³/mol. The first-order valence-corrected chi connectivity index (χ1v) is 16.6. The number of para-hydroxylation sites is 1. The van der Waals surface area contributed by atoms with Crippen LogP contribution in [-0.2, 0) is 0 Å². The van der Waals surface area contributed by atoms with Crippen LogP contribution in [0.4, 0.5) is 5.69 Å². The first kappa shape index (κ1) is 25.6. The highest BCUT2D eigenvalue weighted by molar-refractivity contribution is 7.27. The van der Waals surface area contributed by atoms with Gasteiger partial charge in [-0.15, -0.1) is 11.3 Å². The van der Waals surface area contributed by atoms with Crippen LogP contribution in [0.3, 0.4) is 0 Å². The lowest BCUT2D eigenvalue weighted by molar-refractivity contribution is -0.531. The van der Waals surface area contributed by atoms with Crippen LogP contribution in [0.5, 0.6) is 0 Å². The van der Waals surface area contributed by atoms with Gasteiger partial charge in [-0.2, -0.15) is 4.58 Å². The van der Waals surface area contributed by atoms with Gasteiger partial charge in [0, 0.05) is 53.0 Å². The molecule has 0 fully saturated rings. The second-order valence-electron chi connectivity index (χ2n) is 12.0. The Labute approximate surface area is 269 Å². The van der Waals surface area contributed by atoms with Gasteiger partial charge >= 0.3 is 0 Å². The number of rotatable bonds is 4. The Kier molecular flexibility index (Phi) is 5.51. The van der Waals surface area contributed by atoms with Gasteiger partial charge in [0.2, 0.25) is 0 Å². The number of aromatic nitrogens is 1. The molecule has 0 radical (unpaired) electrons. The van der Waals surface area contributed by atoms with Crippen LogP contribution in [0.2, 0.25) is 0 Å². The van der Waals surface area contributed by atoms with Crippen molar-refractivity contribution in [2.24, 2.45) is 0 Å². The summed E-state index contributed by atoms with van der Waals surface area (Å²) < 4.78 is 7.59. The lowest BCUT2D eigenvalue weighted by Crippen LogP contribution is -2.51. The molecule has 1 unspecified atom stereocenters. The molecule has 1 N–H and O–H groups in total. The van der Waals surface area contributed by atoms with Crippen molar-refractivity contribution in [3.63, 3.8) is 0 Å². The minimum Gasteiger partial charge on any atom is -0.309 e. The van der Waals surface area contributed by atoms with Crippen molar-refractivity contribution >= 4 is 75.6 Å². The molecule has 4 heteroatoms. The molecule has 3 nitrogen and oxygen atoms in total. The Morgan fingerprint density at radius 2 is 1.17 bits per heavy atom. The molecule has 7 aromatic carbocycles. The number of hydrogen-bond donors (Lipinski definition) is 1. The minimum atomic E-state index is 0.0691. The number of amidine groups is 1. The number of benzene rings is 7. The van der Waals surface area contributed by atoms with Crippen LogP contribution < -0.4 is 5.32 Å². The van der Waals surface area contributed by atoms with Gasteiger partial charge in [0.15, 0.2) is 0 Å². The van der Waals surface area contributed by atoms with Gasteiger partial charge < -0.3 is 4.57 Å². The molecule has 0 bridgehead atoms. The fourth-order valence-electron chi connectivity index (χ4n) is 7.44. The average Bonchev–Trinajstić information content (AvgIpc) is 3.66. The first-order valence-electron chi connectivity index (χ1n) is 15.7. The smallest absolute Gasteiger partial charge is 0.289 e. The van der Waals surface area contributed by atoms with Gasteiger partial charge in [-0.05, 0) is 48.5 Å². The number of thiophene rings is 1. The summed E-state index contributed by atoms with van der Waals surface area (Å²) in [6, 6.07) is 57.1. The summed E-state index contributed by atoms with van der Waals surface area (Å²) in [6.07, 6.45) is 0.0691. The molecule has 9 aromatic rings. The van der Waals surface area contributed by atoms with Crippen molar-refractivity contribution in [2.45, 2.75) is 6.17 Å². The van der Waals surface area contributed by atoms with Crippen molar-refractivity contribution < 1.29 is 4.58 Å². The largest absolute Gasteiger partial charge is 0.309 e. The first-order chi connectivity index (χ1) is 22.8. The van der Waals surface area contributed by atoms with Gasteiger partial charge in [0.25, 0.3) is 12.0 Å². The molecule has 216 valence electrons. The van der Waals surface area contributed by atoms with E-state index in [0.29, 0.717) is 0 Å². The van der Waals surface area contributed by atoms with E-state index in [9.17, 15) is 0 Å². The fraction of sp³-hybridized carbons (Fsp3) is 0.0238. The Hall–Kier alpha value is -5.71. The van der Waals surface area contributed by atoms with Gasteiger partial charge in [-0.3, -0.25) is 0 Å².